The van der Waals surface area contributed by atoms with Gasteiger partial charge in [-0.3, -0.25) is 9.59 Å². The molecule has 1 aromatic carbocycles. The van der Waals surface area contributed by atoms with E-state index in [1.165, 1.54) is 18.1 Å². The summed E-state index contributed by atoms with van der Waals surface area (Å²) in [6, 6.07) is 12.5. The number of methoxy groups -OCH3 is 1. The standard InChI is InChI=1S/C24H35N3O3/c1-6-20(3)27(24(29)18-25(21(4)28)14-15-30-5)17-23-12-9-13-26(23)16-22-11-8-7-10-19(22)2/h7-13,20H,6,14-18H2,1-5H3. The lowest BCUT2D eigenvalue weighted by Crippen LogP contribution is -2.46. The van der Waals surface area contributed by atoms with Crippen LogP contribution in [-0.4, -0.2) is 59.0 Å². The molecular weight excluding hydrogens is 378 g/mol. The first kappa shape index (κ1) is 23.7. The van der Waals surface area contributed by atoms with Crippen molar-refractivity contribution in [2.75, 3.05) is 26.8 Å². The van der Waals surface area contributed by atoms with Crippen LogP contribution in [0.25, 0.3) is 0 Å². The highest BCUT2D eigenvalue weighted by Gasteiger charge is 2.23. The maximum atomic E-state index is 13.2. The smallest absolute Gasteiger partial charge is 0.242 e. The van der Waals surface area contributed by atoms with E-state index >= 15 is 0 Å². The summed E-state index contributed by atoms with van der Waals surface area (Å²) in [5, 5.41) is 0. The zero-order chi connectivity index (χ0) is 22.1. The molecule has 6 nitrogen and oxygen atoms in total. The monoisotopic (exact) mass is 413 g/mol. The van der Waals surface area contributed by atoms with Crippen LogP contribution in [0.1, 0.15) is 44.0 Å². The molecule has 1 aromatic heterocycles. The molecule has 1 atom stereocenters. The number of carbonyl (C=O) groups excluding carboxylic acids is 2. The molecule has 0 spiro atoms. The van der Waals surface area contributed by atoms with E-state index in [4.69, 9.17) is 4.74 Å². The van der Waals surface area contributed by atoms with E-state index in [1.807, 2.05) is 17.0 Å². The molecule has 2 rings (SSSR count). The number of benzene rings is 1. The average molecular weight is 414 g/mol. The molecule has 0 saturated heterocycles. The molecule has 0 radical (unpaired) electrons. The van der Waals surface area contributed by atoms with Crippen LogP contribution in [0.3, 0.4) is 0 Å². The highest BCUT2D eigenvalue weighted by atomic mass is 16.5. The highest BCUT2D eigenvalue weighted by molar-refractivity contribution is 5.84. The van der Waals surface area contributed by atoms with Crippen LogP contribution in [0.5, 0.6) is 0 Å². The SMILES string of the molecule is CCC(C)N(Cc1cccn1Cc1ccccc1C)C(=O)CN(CCOC)C(C)=O. The van der Waals surface area contributed by atoms with Crippen molar-refractivity contribution in [1.82, 2.24) is 14.4 Å². The number of hydrogen-bond acceptors (Lipinski definition) is 3. The maximum absolute atomic E-state index is 13.2. The Balaban J connectivity index is 2.17. The second-order valence-electron chi connectivity index (χ2n) is 7.77. The van der Waals surface area contributed by atoms with Crippen molar-refractivity contribution in [3.8, 4) is 0 Å². The van der Waals surface area contributed by atoms with Gasteiger partial charge in [0.05, 0.1) is 19.7 Å². The van der Waals surface area contributed by atoms with E-state index in [0.29, 0.717) is 19.7 Å². The number of amides is 2. The lowest BCUT2D eigenvalue weighted by Gasteiger charge is -2.31. The minimum Gasteiger partial charge on any atom is -0.383 e. The summed E-state index contributed by atoms with van der Waals surface area (Å²) < 4.78 is 7.27. The fourth-order valence-electron chi connectivity index (χ4n) is 3.41. The Hall–Kier alpha value is -2.60. The molecule has 6 heteroatoms. The number of ether oxygens (including phenoxy) is 1. The van der Waals surface area contributed by atoms with E-state index in [1.54, 1.807) is 12.0 Å². The third-order valence-electron chi connectivity index (χ3n) is 5.64. The van der Waals surface area contributed by atoms with Crippen LogP contribution in [0.15, 0.2) is 42.6 Å². The minimum absolute atomic E-state index is 0.0423. The topological polar surface area (TPSA) is 54.8 Å². The molecule has 0 N–H and O–H groups in total. The number of carbonyl (C=O) groups is 2. The lowest BCUT2D eigenvalue weighted by atomic mass is 10.1. The highest BCUT2D eigenvalue weighted by Crippen LogP contribution is 2.16. The molecule has 1 unspecified atom stereocenters. The zero-order valence-corrected chi connectivity index (χ0v) is 18.9. The van der Waals surface area contributed by atoms with Gasteiger partial charge in [-0.25, -0.2) is 0 Å². The van der Waals surface area contributed by atoms with Crippen molar-refractivity contribution < 1.29 is 14.3 Å². The van der Waals surface area contributed by atoms with Crippen LogP contribution in [0.4, 0.5) is 0 Å². The van der Waals surface area contributed by atoms with Gasteiger partial charge in [0, 0.05) is 45.1 Å². The van der Waals surface area contributed by atoms with E-state index in [9.17, 15) is 9.59 Å². The van der Waals surface area contributed by atoms with Crippen LogP contribution < -0.4 is 0 Å². The Labute approximate surface area is 180 Å². The molecular formula is C24H35N3O3. The summed E-state index contributed by atoms with van der Waals surface area (Å²) in [6.07, 6.45) is 2.91. The van der Waals surface area contributed by atoms with Crippen LogP contribution in [0.2, 0.25) is 0 Å². The van der Waals surface area contributed by atoms with Gasteiger partial charge in [-0.15, -0.1) is 0 Å². The minimum atomic E-state index is -0.118. The van der Waals surface area contributed by atoms with Crippen molar-refractivity contribution >= 4 is 11.8 Å². The predicted octanol–water partition coefficient (Wildman–Crippen LogP) is 3.47. The number of nitrogens with zero attached hydrogens (tertiary/aromatic N) is 3. The van der Waals surface area contributed by atoms with Gasteiger partial charge in [0.2, 0.25) is 11.8 Å². The van der Waals surface area contributed by atoms with Gasteiger partial charge in [0.1, 0.15) is 0 Å². The second kappa shape index (κ2) is 11.6. The van der Waals surface area contributed by atoms with Crippen molar-refractivity contribution in [1.29, 1.82) is 0 Å². The molecule has 0 fully saturated rings. The first-order valence-corrected chi connectivity index (χ1v) is 10.6. The zero-order valence-electron chi connectivity index (χ0n) is 18.9. The van der Waals surface area contributed by atoms with Crippen molar-refractivity contribution in [2.24, 2.45) is 0 Å². The van der Waals surface area contributed by atoms with Crippen LogP contribution in [0, 0.1) is 6.92 Å². The second-order valence-corrected chi connectivity index (χ2v) is 7.77. The fraction of sp³-hybridized carbons (Fsp3) is 0.500. The largest absolute Gasteiger partial charge is 0.383 e. The molecule has 164 valence electrons. The first-order chi connectivity index (χ1) is 14.4. The third-order valence-corrected chi connectivity index (χ3v) is 5.64. The summed E-state index contributed by atoms with van der Waals surface area (Å²) in [6.45, 7) is 9.92. The number of aromatic nitrogens is 1. The van der Waals surface area contributed by atoms with Crippen molar-refractivity contribution in [2.45, 2.75) is 53.2 Å². The molecule has 0 bridgehead atoms. The first-order valence-electron chi connectivity index (χ1n) is 10.6. The third kappa shape index (κ3) is 6.46. The Bertz CT molecular complexity index is 831. The molecule has 0 saturated carbocycles. The Morgan fingerprint density at radius 1 is 1.17 bits per heavy atom. The van der Waals surface area contributed by atoms with Gasteiger partial charge >= 0.3 is 0 Å². The maximum Gasteiger partial charge on any atom is 0.242 e. The van der Waals surface area contributed by atoms with Gasteiger partial charge in [0.15, 0.2) is 0 Å². The quantitative estimate of drug-likeness (QED) is 0.567. The summed E-state index contributed by atoms with van der Waals surface area (Å²) in [7, 11) is 1.59. The van der Waals surface area contributed by atoms with Crippen LogP contribution >= 0.6 is 0 Å². The van der Waals surface area contributed by atoms with Crippen LogP contribution in [-0.2, 0) is 27.4 Å². The lowest BCUT2D eigenvalue weighted by molar-refractivity contribution is -0.141. The Morgan fingerprint density at radius 3 is 2.53 bits per heavy atom. The van der Waals surface area contributed by atoms with Crippen molar-refractivity contribution in [3.05, 3.63) is 59.4 Å². The summed E-state index contributed by atoms with van der Waals surface area (Å²) in [5.41, 5.74) is 3.60. The normalized spacial score (nSPS) is 11.9. The van der Waals surface area contributed by atoms with E-state index < -0.39 is 0 Å². The van der Waals surface area contributed by atoms with Gasteiger partial charge in [0.25, 0.3) is 0 Å². The molecule has 0 aliphatic heterocycles. The molecule has 2 amide bonds. The van der Waals surface area contributed by atoms with Gasteiger partial charge in [-0.05, 0) is 43.5 Å². The Morgan fingerprint density at radius 2 is 1.90 bits per heavy atom. The number of rotatable bonds is 11. The molecule has 2 aromatic rings. The number of aryl methyl sites for hydroxylation is 1. The Kier molecular flexibility index (Phi) is 9.12. The fourth-order valence-corrected chi connectivity index (χ4v) is 3.41. The van der Waals surface area contributed by atoms with E-state index in [2.05, 4.69) is 55.8 Å². The van der Waals surface area contributed by atoms with E-state index in [0.717, 1.165) is 18.7 Å². The molecule has 0 aliphatic carbocycles. The van der Waals surface area contributed by atoms with Gasteiger partial charge in [-0.1, -0.05) is 31.2 Å². The summed E-state index contributed by atoms with van der Waals surface area (Å²) >= 11 is 0. The van der Waals surface area contributed by atoms with Gasteiger partial charge in [-0.2, -0.15) is 0 Å². The van der Waals surface area contributed by atoms with Gasteiger partial charge < -0.3 is 19.1 Å². The van der Waals surface area contributed by atoms with Crippen molar-refractivity contribution in [3.63, 3.8) is 0 Å². The predicted molar refractivity (Wildman–Crippen MR) is 119 cm³/mol. The average Bonchev–Trinajstić information content (AvgIpc) is 3.16. The number of hydrogen-bond donors (Lipinski definition) is 0. The molecule has 1 heterocycles. The molecule has 0 aliphatic rings. The summed E-state index contributed by atoms with van der Waals surface area (Å²) in [4.78, 5) is 28.5. The van der Waals surface area contributed by atoms with E-state index in [-0.39, 0.29) is 24.4 Å². The molecule has 30 heavy (non-hydrogen) atoms. The summed E-state index contributed by atoms with van der Waals surface area (Å²) in [5.74, 6) is -0.160.